The molecule has 2 heterocycles. The van der Waals surface area contributed by atoms with Gasteiger partial charge in [-0.25, -0.2) is 0 Å². The molecule has 0 aromatic rings. The highest BCUT2D eigenvalue weighted by Crippen LogP contribution is 2.17. The van der Waals surface area contributed by atoms with Gasteiger partial charge in [0.05, 0.1) is 0 Å². The minimum absolute atomic E-state index is 0.892. The number of rotatable bonds is 4. The smallest absolute Gasteiger partial charge is 0.0160 e. The molecule has 86 valence electrons. The second-order valence-corrected chi connectivity index (χ2v) is 4.75. The van der Waals surface area contributed by atoms with Crippen molar-refractivity contribution in [1.82, 2.24) is 15.1 Å². The molecule has 2 saturated heterocycles. The fourth-order valence-electron chi connectivity index (χ4n) is 2.67. The van der Waals surface area contributed by atoms with Crippen LogP contribution >= 0.6 is 0 Å². The summed E-state index contributed by atoms with van der Waals surface area (Å²) in [5, 5.41) is 3.40. The van der Waals surface area contributed by atoms with Crippen LogP contribution in [0.5, 0.6) is 0 Å². The van der Waals surface area contributed by atoms with Crippen LogP contribution in [0, 0.1) is 5.92 Å². The molecule has 3 nitrogen and oxygen atoms in total. The molecule has 0 aromatic heterocycles. The summed E-state index contributed by atoms with van der Waals surface area (Å²) in [6, 6.07) is 0. The number of piperazine rings is 1. The maximum absolute atomic E-state index is 3.80. The number of nitrogens with one attached hydrogen (secondary N) is 1. The van der Waals surface area contributed by atoms with Crippen LogP contribution in [0.3, 0.4) is 0 Å². The lowest BCUT2D eigenvalue weighted by Crippen LogP contribution is -2.45. The Hall–Kier alpha value is -0.380. The largest absolute Gasteiger partial charge is 0.314 e. The molecule has 2 rings (SSSR count). The van der Waals surface area contributed by atoms with Gasteiger partial charge in [-0.3, -0.25) is 4.90 Å². The van der Waals surface area contributed by atoms with Crippen molar-refractivity contribution in [3.05, 3.63) is 12.7 Å². The van der Waals surface area contributed by atoms with Crippen molar-refractivity contribution in [3.8, 4) is 0 Å². The van der Waals surface area contributed by atoms with E-state index in [1.165, 1.54) is 52.2 Å². The van der Waals surface area contributed by atoms with Gasteiger partial charge in [-0.1, -0.05) is 6.08 Å². The summed E-state index contributed by atoms with van der Waals surface area (Å²) in [7, 11) is 0. The van der Waals surface area contributed by atoms with Crippen LogP contribution in [0.15, 0.2) is 12.7 Å². The molecular formula is C12H23N3. The summed E-state index contributed by atoms with van der Waals surface area (Å²) >= 11 is 0. The van der Waals surface area contributed by atoms with E-state index in [1.807, 2.05) is 6.08 Å². The molecular weight excluding hydrogens is 186 g/mol. The maximum Gasteiger partial charge on any atom is 0.0160 e. The van der Waals surface area contributed by atoms with E-state index >= 15 is 0 Å². The van der Waals surface area contributed by atoms with E-state index < -0.39 is 0 Å². The van der Waals surface area contributed by atoms with E-state index in [-0.39, 0.29) is 0 Å². The summed E-state index contributed by atoms with van der Waals surface area (Å²) in [5.41, 5.74) is 0. The van der Waals surface area contributed by atoms with Crippen LogP contribution in [0.2, 0.25) is 0 Å². The maximum atomic E-state index is 3.80. The Morgan fingerprint density at radius 1 is 1.20 bits per heavy atom. The zero-order valence-electron chi connectivity index (χ0n) is 9.62. The standard InChI is InChI=1S/C12H23N3/c1-2-6-14-7-3-12(10-14)11-15-8-4-13-5-9-15/h2,12-13H,1,3-11H2. The summed E-state index contributed by atoms with van der Waals surface area (Å²) in [5.74, 6) is 0.892. The normalized spacial score (nSPS) is 29.5. The van der Waals surface area contributed by atoms with Gasteiger partial charge in [-0.05, 0) is 18.9 Å². The fourth-order valence-corrected chi connectivity index (χ4v) is 2.67. The lowest BCUT2D eigenvalue weighted by atomic mass is 10.1. The van der Waals surface area contributed by atoms with Crippen molar-refractivity contribution in [3.63, 3.8) is 0 Å². The van der Waals surface area contributed by atoms with E-state index in [9.17, 15) is 0 Å². The van der Waals surface area contributed by atoms with Gasteiger partial charge < -0.3 is 10.2 Å². The predicted molar refractivity (Wildman–Crippen MR) is 64.1 cm³/mol. The quantitative estimate of drug-likeness (QED) is 0.676. The third kappa shape index (κ3) is 3.30. The van der Waals surface area contributed by atoms with Crippen molar-refractivity contribution in [2.75, 3.05) is 52.4 Å². The molecule has 1 atom stereocenters. The number of likely N-dealkylation sites (tertiary alicyclic amines) is 1. The fraction of sp³-hybridized carbons (Fsp3) is 0.833. The highest BCUT2D eigenvalue weighted by Gasteiger charge is 2.23. The van der Waals surface area contributed by atoms with Crippen LogP contribution in [0.25, 0.3) is 0 Å². The zero-order valence-corrected chi connectivity index (χ0v) is 9.62. The minimum Gasteiger partial charge on any atom is -0.314 e. The second kappa shape index (κ2) is 5.64. The van der Waals surface area contributed by atoms with E-state index in [1.54, 1.807) is 0 Å². The van der Waals surface area contributed by atoms with Crippen molar-refractivity contribution < 1.29 is 0 Å². The van der Waals surface area contributed by atoms with Gasteiger partial charge in [0.1, 0.15) is 0 Å². The predicted octanol–water partition coefficient (Wildman–Crippen LogP) is 0.400. The Bertz CT molecular complexity index is 199. The Morgan fingerprint density at radius 3 is 2.73 bits per heavy atom. The molecule has 0 amide bonds. The lowest BCUT2D eigenvalue weighted by Gasteiger charge is -2.29. The van der Waals surface area contributed by atoms with Crippen molar-refractivity contribution in [2.45, 2.75) is 6.42 Å². The third-order valence-corrected chi connectivity index (χ3v) is 3.48. The number of hydrogen-bond acceptors (Lipinski definition) is 3. The van der Waals surface area contributed by atoms with E-state index in [4.69, 9.17) is 0 Å². The van der Waals surface area contributed by atoms with E-state index in [2.05, 4.69) is 21.7 Å². The topological polar surface area (TPSA) is 18.5 Å². The highest BCUT2D eigenvalue weighted by molar-refractivity contribution is 4.83. The van der Waals surface area contributed by atoms with Crippen LogP contribution in [0.4, 0.5) is 0 Å². The van der Waals surface area contributed by atoms with Crippen LogP contribution in [-0.4, -0.2) is 62.2 Å². The molecule has 2 aliphatic rings. The first kappa shape index (κ1) is 11.1. The SMILES string of the molecule is C=CCN1CCC(CN2CCNCC2)C1. The van der Waals surface area contributed by atoms with Crippen molar-refractivity contribution in [2.24, 2.45) is 5.92 Å². The average Bonchev–Trinajstić information content (AvgIpc) is 2.68. The average molecular weight is 209 g/mol. The summed E-state index contributed by atoms with van der Waals surface area (Å²) in [6.45, 7) is 13.5. The molecule has 2 aliphatic heterocycles. The molecule has 0 aliphatic carbocycles. The molecule has 15 heavy (non-hydrogen) atoms. The lowest BCUT2D eigenvalue weighted by molar-refractivity contribution is 0.205. The molecule has 0 saturated carbocycles. The Kier molecular flexibility index (Phi) is 4.18. The zero-order chi connectivity index (χ0) is 10.5. The van der Waals surface area contributed by atoms with Crippen molar-refractivity contribution in [1.29, 1.82) is 0 Å². The van der Waals surface area contributed by atoms with Crippen LogP contribution in [-0.2, 0) is 0 Å². The van der Waals surface area contributed by atoms with E-state index in [0.717, 1.165) is 12.5 Å². The van der Waals surface area contributed by atoms with Gasteiger partial charge in [0.25, 0.3) is 0 Å². The molecule has 1 unspecified atom stereocenters. The number of hydrogen-bond donors (Lipinski definition) is 1. The summed E-state index contributed by atoms with van der Waals surface area (Å²) in [6.07, 6.45) is 3.39. The molecule has 0 spiro atoms. The Morgan fingerprint density at radius 2 is 2.00 bits per heavy atom. The van der Waals surface area contributed by atoms with Gasteiger partial charge in [-0.2, -0.15) is 0 Å². The molecule has 0 bridgehead atoms. The van der Waals surface area contributed by atoms with Gasteiger partial charge in [0, 0.05) is 45.8 Å². The van der Waals surface area contributed by atoms with E-state index in [0.29, 0.717) is 0 Å². The third-order valence-electron chi connectivity index (χ3n) is 3.48. The first-order chi connectivity index (χ1) is 7.38. The van der Waals surface area contributed by atoms with Crippen LogP contribution < -0.4 is 5.32 Å². The Balaban J connectivity index is 1.69. The number of nitrogens with zero attached hydrogens (tertiary/aromatic N) is 2. The molecule has 2 fully saturated rings. The highest BCUT2D eigenvalue weighted by atomic mass is 15.2. The first-order valence-corrected chi connectivity index (χ1v) is 6.15. The molecule has 0 aromatic carbocycles. The molecule has 3 heteroatoms. The van der Waals surface area contributed by atoms with Crippen LogP contribution in [0.1, 0.15) is 6.42 Å². The van der Waals surface area contributed by atoms with Gasteiger partial charge in [0.15, 0.2) is 0 Å². The summed E-state index contributed by atoms with van der Waals surface area (Å²) in [4.78, 5) is 5.12. The van der Waals surface area contributed by atoms with Gasteiger partial charge in [-0.15, -0.1) is 6.58 Å². The molecule has 1 N–H and O–H groups in total. The first-order valence-electron chi connectivity index (χ1n) is 6.15. The Labute approximate surface area is 93.1 Å². The second-order valence-electron chi connectivity index (χ2n) is 4.75. The van der Waals surface area contributed by atoms with Gasteiger partial charge in [0.2, 0.25) is 0 Å². The minimum atomic E-state index is 0.892. The summed E-state index contributed by atoms with van der Waals surface area (Å²) < 4.78 is 0. The monoisotopic (exact) mass is 209 g/mol. The molecule has 0 radical (unpaired) electrons. The van der Waals surface area contributed by atoms with Gasteiger partial charge >= 0.3 is 0 Å². The van der Waals surface area contributed by atoms with Crippen molar-refractivity contribution >= 4 is 0 Å².